The maximum atomic E-state index is 12.2. The Balaban J connectivity index is 1.84. The zero-order valence-electron chi connectivity index (χ0n) is 12.1. The Hall–Kier alpha value is -1.55. The molecule has 0 spiro atoms. The average molecular weight is 276 g/mol. The first-order valence-electron chi connectivity index (χ1n) is 7.31. The number of rotatable bonds is 3. The fourth-order valence-corrected chi connectivity index (χ4v) is 2.61. The molecule has 1 aromatic rings. The van der Waals surface area contributed by atoms with Crippen LogP contribution in [-0.4, -0.2) is 34.6 Å². The highest BCUT2D eigenvalue weighted by Gasteiger charge is 2.26. The van der Waals surface area contributed by atoms with E-state index in [4.69, 9.17) is 5.73 Å². The lowest BCUT2D eigenvalue weighted by Crippen LogP contribution is -2.33. The van der Waals surface area contributed by atoms with Crippen molar-refractivity contribution in [2.75, 3.05) is 18.8 Å². The Morgan fingerprint density at radius 2 is 2.00 bits per heavy atom. The van der Waals surface area contributed by atoms with Crippen LogP contribution in [0.5, 0.6) is 0 Å². The van der Waals surface area contributed by atoms with Gasteiger partial charge in [0.05, 0.1) is 5.60 Å². The van der Waals surface area contributed by atoms with Crippen LogP contribution in [0.4, 0.5) is 5.69 Å². The smallest absolute Gasteiger partial charge is 0.222 e. The van der Waals surface area contributed by atoms with Crippen LogP contribution < -0.4 is 5.73 Å². The molecule has 1 aliphatic heterocycles. The molecule has 0 radical (unpaired) electrons. The van der Waals surface area contributed by atoms with Crippen molar-refractivity contribution in [3.8, 4) is 0 Å². The third-order valence-corrected chi connectivity index (χ3v) is 4.02. The van der Waals surface area contributed by atoms with Gasteiger partial charge in [-0.15, -0.1) is 0 Å². The highest BCUT2D eigenvalue weighted by Crippen LogP contribution is 2.22. The molecule has 0 aliphatic carbocycles. The molecule has 1 aromatic carbocycles. The number of anilines is 1. The van der Waals surface area contributed by atoms with Crippen LogP contribution >= 0.6 is 0 Å². The van der Waals surface area contributed by atoms with Gasteiger partial charge in [0, 0.05) is 25.2 Å². The molecule has 110 valence electrons. The van der Waals surface area contributed by atoms with Crippen LogP contribution in [0.1, 0.15) is 38.2 Å². The van der Waals surface area contributed by atoms with Gasteiger partial charge in [0.15, 0.2) is 0 Å². The van der Waals surface area contributed by atoms with Gasteiger partial charge in [-0.25, -0.2) is 0 Å². The van der Waals surface area contributed by atoms with Crippen LogP contribution in [0.2, 0.25) is 0 Å². The molecule has 3 N–H and O–H groups in total. The first kappa shape index (κ1) is 14.9. The van der Waals surface area contributed by atoms with Crippen molar-refractivity contribution in [2.24, 2.45) is 0 Å². The maximum absolute atomic E-state index is 12.2. The van der Waals surface area contributed by atoms with Crippen molar-refractivity contribution in [1.82, 2.24) is 4.90 Å². The van der Waals surface area contributed by atoms with Crippen molar-refractivity contribution in [3.63, 3.8) is 0 Å². The molecule has 2 rings (SSSR count). The zero-order chi connectivity index (χ0) is 14.6. The van der Waals surface area contributed by atoms with E-state index in [0.717, 1.165) is 37.1 Å². The molecule has 1 fully saturated rings. The van der Waals surface area contributed by atoms with Crippen LogP contribution in [0.15, 0.2) is 24.3 Å². The Morgan fingerprint density at radius 3 is 2.70 bits per heavy atom. The van der Waals surface area contributed by atoms with E-state index in [1.54, 1.807) is 0 Å². The lowest BCUT2D eigenvalue weighted by molar-refractivity contribution is -0.131. The maximum Gasteiger partial charge on any atom is 0.222 e. The summed E-state index contributed by atoms with van der Waals surface area (Å²) in [6.45, 7) is 3.28. The summed E-state index contributed by atoms with van der Waals surface area (Å²) in [6.07, 6.45) is 3.58. The molecule has 1 atom stereocenters. The molecule has 1 unspecified atom stereocenters. The van der Waals surface area contributed by atoms with Gasteiger partial charge in [0.2, 0.25) is 5.91 Å². The van der Waals surface area contributed by atoms with Crippen molar-refractivity contribution >= 4 is 11.6 Å². The lowest BCUT2D eigenvalue weighted by atomic mass is 9.98. The van der Waals surface area contributed by atoms with E-state index in [-0.39, 0.29) is 5.91 Å². The standard InChI is InChI=1S/C16H24N2O2/c1-16(20)9-2-11-18(12-10-16)15(19)8-5-13-3-6-14(17)7-4-13/h3-4,6-7,20H,2,5,8-12,17H2,1H3. The van der Waals surface area contributed by atoms with E-state index in [2.05, 4.69) is 0 Å². The molecule has 4 heteroatoms. The monoisotopic (exact) mass is 276 g/mol. The van der Waals surface area contributed by atoms with Gasteiger partial charge < -0.3 is 15.7 Å². The van der Waals surface area contributed by atoms with Crippen LogP contribution in [0, 0.1) is 0 Å². The van der Waals surface area contributed by atoms with Gasteiger partial charge in [-0.2, -0.15) is 0 Å². The summed E-state index contributed by atoms with van der Waals surface area (Å²) in [4.78, 5) is 14.1. The summed E-state index contributed by atoms with van der Waals surface area (Å²) < 4.78 is 0. The fraction of sp³-hybridized carbons (Fsp3) is 0.562. The quantitative estimate of drug-likeness (QED) is 0.829. The van der Waals surface area contributed by atoms with E-state index in [1.807, 2.05) is 36.1 Å². The second kappa shape index (κ2) is 6.27. The summed E-state index contributed by atoms with van der Waals surface area (Å²) in [5, 5.41) is 10.0. The topological polar surface area (TPSA) is 66.6 Å². The third kappa shape index (κ3) is 4.23. The number of aliphatic hydroxyl groups is 1. The minimum absolute atomic E-state index is 0.180. The van der Waals surface area contributed by atoms with E-state index >= 15 is 0 Å². The van der Waals surface area contributed by atoms with Gasteiger partial charge in [-0.3, -0.25) is 4.79 Å². The number of carbonyl (C=O) groups is 1. The van der Waals surface area contributed by atoms with Crippen molar-refractivity contribution in [2.45, 2.75) is 44.6 Å². The van der Waals surface area contributed by atoms with Crippen molar-refractivity contribution < 1.29 is 9.90 Å². The third-order valence-electron chi connectivity index (χ3n) is 4.02. The number of hydrogen-bond acceptors (Lipinski definition) is 3. The minimum atomic E-state index is -0.619. The van der Waals surface area contributed by atoms with E-state index < -0.39 is 5.60 Å². The first-order valence-corrected chi connectivity index (χ1v) is 7.31. The Kier molecular flexibility index (Phi) is 4.65. The number of likely N-dealkylation sites (tertiary alicyclic amines) is 1. The normalized spacial score (nSPS) is 23.4. The molecule has 1 saturated heterocycles. The number of nitrogens with zero attached hydrogens (tertiary/aromatic N) is 1. The summed E-state index contributed by atoms with van der Waals surface area (Å²) in [7, 11) is 0. The van der Waals surface area contributed by atoms with E-state index in [1.165, 1.54) is 0 Å². The largest absolute Gasteiger partial charge is 0.399 e. The van der Waals surface area contributed by atoms with E-state index in [9.17, 15) is 9.90 Å². The molecular formula is C16H24N2O2. The summed E-state index contributed by atoms with van der Waals surface area (Å²) in [5.41, 5.74) is 6.90. The predicted octanol–water partition coefficient (Wildman–Crippen LogP) is 1.96. The first-order chi connectivity index (χ1) is 9.46. The SMILES string of the molecule is CC1(O)CCCN(C(=O)CCc2ccc(N)cc2)CC1. The number of carbonyl (C=O) groups excluding carboxylic acids is 1. The van der Waals surface area contributed by atoms with Crippen LogP contribution in [-0.2, 0) is 11.2 Å². The number of aryl methyl sites for hydroxylation is 1. The van der Waals surface area contributed by atoms with Gasteiger partial charge in [-0.1, -0.05) is 12.1 Å². The molecule has 20 heavy (non-hydrogen) atoms. The number of benzene rings is 1. The molecular weight excluding hydrogens is 252 g/mol. The van der Waals surface area contributed by atoms with Crippen molar-refractivity contribution in [3.05, 3.63) is 29.8 Å². The highest BCUT2D eigenvalue weighted by atomic mass is 16.3. The Bertz CT molecular complexity index is 454. The second-order valence-corrected chi connectivity index (χ2v) is 5.97. The fourth-order valence-electron chi connectivity index (χ4n) is 2.61. The van der Waals surface area contributed by atoms with Crippen molar-refractivity contribution in [1.29, 1.82) is 0 Å². The van der Waals surface area contributed by atoms with Gasteiger partial charge in [0.1, 0.15) is 0 Å². The summed E-state index contributed by atoms with van der Waals surface area (Å²) in [5.74, 6) is 0.180. The molecule has 1 amide bonds. The molecule has 0 saturated carbocycles. The number of hydrogen-bond donors (Lipinski definition) is 2. The molecule has 1 heterocycles. The number of nitrogen functional groups attached to an aromatic ring is 1. The molecule has 0 aromatic heterocycles. The lowest BCUT2D eigenvalue weighted by Gasteiger charge is -2.22. The van der Waals surface area contributed by atoms with E-state index in [0.29, 0.717) is 19.4 Å². The van der Waals surface area contributed by atoms with Gasteiger partial charge in [-0.05, 0) is 50.3 Å². The van der Waals surface area contributed by atoms with Crippen LogP contribution in [0.3, 0.4) is 0 Å². The zero-order valence-corrected chi connectivity index (χ0v) is 12.1. The van der Waals surface area contributed by atoms with Crippen LogP contribution in [0.25, 0.3) is 0 Å². The minimum Gasteiger partial charge on any atom is -0.399 e. The highest BCUT2D eigenvalue weighted by molar-refractivity contribution is 5.76. The Morgan fingerprint density at radius 1 is 1.30 bits per heavy atom. The molecule has 4 nitrogen and oxygen atoms in total. The predicted molar refractivity (Wildman–Crippen MR) is 80.2 cm³/mol. The summed E-state index contributed by atoms with van der Waals surface area (Å²) in [6, 6.07) is 7.66. The average Bonchev–Trinajstić information content (AvgIpc) is 2.59. The number of amides is 1. The van der Waals surface area contributed by atoms with Gasteiger partial charge >= 0.3 is 0 Å². The van der Waals surface area contributed by atoms with Gasteiger partial charge in [0.25, 0.3) is 0 Å². The molecule has 1 aliphatic rings. The summed E-state index contributed by atoms with van der Waals surface area (Å²) >= 11 is 0. The Labute approximate surface area is 120 Å². The second-order valence-electron chi connectivity index (χ2n) is 5.97. The molecule has 0 bridgehead atoms. The number of nitrogens with two attached hydrogens (primary N) is 1.